The van der Waals surface area contributed by atoms with Gasteiger partial charge in [-0.1, -0.05) is 67.7 Å². The van der Waals surface area contributed by atoms with Gasteiger partial charge in [-0.25, -0.2) is 0 Å². The summed E-state index contributed by atoms with van der Waals surface area (Å²) < 4.78 is 0. The average Bonchev–Trinajstić information content (AvgIpc) is 2.70. The molecule has 0 radical (unpaired) electrons. The zero-order chi connectivity index (χ0) is 23.8. The van der Waals surface area contributed by atoms with Gasteiger partial charge in [0.25, 0.3) is 0 Å². The van der Waals surface area contributed by atoms with E-state index in [1.54, 1.807) is 13.0 Å². The molecule has 1 unspecified atom stereocenters. The minimum atomic E-state index is -0.827. The largest absolute Gasteiger partial charge is 0.508 e. The minimum absolute atomic E-state index is 0.144. The van der Waals surface area contributed by atoms with Crippen LogP contribution in [0.5, 0.6) is 17.2 Å². The van der Waals surface area contributed by atoms with Gasteiger partial charge in [-0.05, 0) is 45.4 Å². The molecule has 0 aliphatic rings. The number of ketones is 1. The molecule has 0 bridgehead atoms. The number of carbonyl (C=O) groups is 1. The van der Waals surface area contributed by atoms with Crippen LogP contribution in [0.1, 0.15) is 69.2 Å². The van der Waals surface area contributed by atoms with E-state index in [1.807, 2.05) is 42.5 Å². The van der Waals surface area contributed by atoms with E-state index in [1.165, 1.54) is 0 Å². The summed E-state index contributed by atoms with van der Waals surface area (Å²) in [7, 11) is 0. The minimum Gasteiger partial charge on any atom is -0.508 e. The van der Waals surface area contributed by atoms with Crippen molar-refractivity contribution in [1.82, 2.24) is 0 Å². The van der Waals surface area contributed by atoms with Gasteiger partial charge in [0, 0.05) is 18.6 Å². The maximum absolute atomic E-state index is 12.1. The summed E-state index contributed by atoms with van der Waals surface area (Å²) in [6.07, 6.45) is 24.5. The van der Waals surface area contributed by atoms with Gasteiger partial charge >= 0.3 is 0 Å². The molecule has 1 atom stereocenters. The molecule has 0 amide bonds. The van der Waals surface area contributed by atoms with Gasteiger partial charge in [-0.3, -0.25) is 4.79 Å². The summed E-state index contributed by atoms with van der Waals surface area (Å²) in [5.74, 6) is -1.46. The third kappa shape index (κ3) is 11.4. The standard InChI is InChI=1S/C27H36O5/c1-3-4-15-18-27(2,32)19-16-13-11-9-7-5-6-8-10-12-14-17-23(29)26-24(30)20-22(28)21-25(26)31/h4-5,7-8,10-11,13,15-16,19-21,28,30-32H,3,6,9,12,14,17-18H2,1-2H3. The van der Waals surface area contributed by atoms with E-state index < -0.39 is 17.1 Å². The van der Waals surface area contributed by atoms with E-state index in [0.29, 0.717) is 12.8 Å². The smallest absolute Gasteiger partial charge is 0.170 e. The first-order valence-electron chi connectivity index (χ1n) is 11.1. The summed E-state index contributed by atoms with van der Waals surface area (Å²) in [5.41, 5.74) is -0.971. The van der Waals surface area contributed by atoms with Gasteiger partial charge in [0.2, 0.25) is 0 Å². The van der Waals surface area contributed by atoms with Gasteiger partial charge in [0.15, 0.2) is 5.78 Å². The second-order valence-corrected chi connectivity index (χ2v) is 7.82. The SMILES string of the molecule is CCC=CCC(C)(O)C=CC=CCC=CCC=CCCCC(=O)c1c(O)cc(O)cc1O. The lowest BCUT2D eigenvalue weighted by atomic mass is 10.0. The summed E-state index contributed by atoms with van der Waals surface area (Å²) in [6, 6.07) is 2.08. The lowest BCUT2D eigenvalue weighted by Crippen LogP contribution is -2.18. The molecule has 5 heteroatoms. The molecular weight excluding hydrogens is 404 g/mol. The number of aliphatic hydroxyl groups is 1. The predicted octanol–water partition coefficient (Wildman–Crippen LogP) is 6.27. The normalized spacial score (nSPS) is 14.5. The number of aromatic hydroxyl groups is 3. The first-order chi connectivity index (χ1) is 15.3. The Morgan fingerprint density at radius 3 is 2.19 bits per heavy atom. The summed E-state index contributed by atoms with van der Waals surface area (Å²) >= 11 is 0. The van der Waals surface area contributed by atoms with Crippen LogP contribution in [0.25, 0.3) is 0 Å². The molecule has 1 aromatic carbocycles. The Morgan fingerprint density at radius 2 is 1.53 bits per heavy atom. The van der Waals surface area contributed by atoms with E-state index in [4.69, 9.17) is 0 Å². The van der Waals surface area contributed by atoms with Crippen LogP contribution in [-0.2, 0) is 0 Å². The van der Waals surface area contributed by atoms with Crippen LogP contribution in [0, 0.1) is 0 Å². The average molecular weight is 441 g/mol. The van der Waals surface area contributed by atoms with Gasteiger partial charge in [0.1, 0.15) is 22.8 Å². The highest BCUT2D eigenvalue weighted by molar-refractivity contribution is 6.01. The topological polar surface area (TPSA) is 98.0 Å². The molecule has 1 aromatic rings. The first-order valence-corrected chi connectivity index (χ1v) is 11.1. The molecule has 0 heterocycles. The van der Waals surface area contributed by atoms with Crippen molar-refractivity contribution < 1.29 is 25.2 Å². The van der Waals surface area contributed by atoms with E-state index >= 15 is 0 Å². The maximum atomic E-state index is 12.1. The summed E-state index contributed by atoms with van der Waals surface area (Å²) in [5, 5.41) is 38.9. The second-order valence-electron chi connectivity index (χ2n) is 7.82. The zero-order valence-corrected chi connectivity index (χ0v) is 19.1. The molecule has 1 rings (SSSR count). The number of allylic oxidation sites excluding steroid dienone is 8. The number of phenolic OH excluding ortho intramolecular Hbond substituents is 3. The van der Waals surface area contributed by atoms with Crippen molar-refractivity contribution in [3.63, 3.8) is 0 Å². The first kappa shape index (κ1) is 27.0. The fraction of sp³-hybridized carbons (Fsp3) is 0.370. The van der Waals surface area contributed by atoms with Crippen LogP contribution < -0.4 is 0 Å². The Bertz CT molecular complexity index is 834. The van der Waals surface area contributed by atoms with Crippen LogP contribution in [0.4, 0.5) is 0 Å². The van der Waals surface area contributed by atoms with E-state index in [9.17, 15) is 25.2 Å². The van der Waals surface area contributed by atoms with Crippen molar-refractivity contribution in [1.29, 1.82) is 0 Å². The molecular formula is C27H36O5. The second kappa shape index (κ2) is 14.9. The molecule has 5 nitrogen and oxygen atoms in total. The van der Waals surface area contributed by atoms with Gasteiger partial charge in [-0.2, -0.15) is 0 Å². The van der Waals surface area contributed by atoms with Crippen LogP contribution in [-0.4, -0.2) is 31.8 Å². The fourth-order valence-electron chi connectivity index (χ4n) is 2.93. The molecule has 0 aromatic heterocycles. The highest BCUT2D eigenvalue weighted by Crippen LogP contribution is 2.33. The Hall–Kier alpha value is -3.05. The van der Waals surface area contributed by atoms with Crippen molar-refractivity contribution in [2.75, 3.05) is 0 Å². The van der Waals surface area contributed by atoms with Gasteiger partial charge < -0.3 is 20.4 Å². The molecule has 4 N–H and O–H groups in total. The van der Waals surface area contributed by atoms with Crippen LogP contribution in [0.15, 0.2) is 72.9 Å². The van der Waals surface area contributed by atoms with Crippen molar-refractivity contribution in [2.45, 2.75) is 64.4 Å². The third-order valence-corrected chi connectivity index (χ3v) is 4.65. The van der Waals surface area contributed by atoms with Crippen molar-refractivity contribution in [2.24, 2.45) is 0 Å². The Labute approximate surface area is 191 Å². The van der Waals surface area contributed by atoms with E-state index in [-0.39, 0.29) is 23.5 Å². The Morgan fingerprint density at radius 1 is 0.906 bits per heavy atom. The Balaban J connectivity index is 2.22. The van der Waals surface area contributed by atoms with Crippen LogP contribution in [0.2, 0.25) is 0 Å². The molecule has 0 aliphatic carbocycles. The van der Waals surface area contributed by atoms with Gasteiger partial charge in [0.05, 0.1) is 5.60 Å². The number of Topliss-reactive ketones (excluding diaryl/α,β-unsaturated/α-hetero) is 1. The number of rotatable bonds is 14. The highest BCUT2D eigenvalue weighted by atomic mass is 16.3. The number of phenols is 3. The van der Waals surface area contributed by atoms with E-state index in [0.717, 1.165) is 37.8 Å². The third-order valence-electron chi connectivity index (χ3n) is 4.65. The molecule has 0 aliphatic heterocycles. The number of hydrogen-bond donors (Lipinski definition) is 4. The number of carbonyl (C=O) groups excluding carboxylic acids is 1. The molecule has 174 valence electrons. The van der Waals surface area contributed by atoms with Gasteiger partial charge in [-0.15, -0.1) is 0 Å². The van der Waals surface area contributed by atoms with Crippen LogP contribution >= 0.6 is 0 Å². The lowest BCUT2D eigenvalue weighted by Gasteiger charge is -2.15. The summed E-state index contributed by atoms with van der Waals surface area (Å²) in [6.45, 7) is 3.86. The van der Waals surface area contributed by atoms with E-state index in [2.05, 4.69) is 19.1 Å². The predicted molar refractivity (Wildman–Crippen MR) is 130 cm³/mol. The molecule has 0 fully saturated rings. The monoisotopic (exact) mass is 440 g/mol. The summed E-state index contributed by atoms with van der Waals surface area (Å²) in [4.78, 5) is 12.1. The maximum Gasteiger partial charge on any atom is 0.170 e. The quantitative estimate of drug-likeness (QED) is 0.118. The molecule has 0 spiro atoms. The van der Waals surface area contributed by atoms with Crippen molar-refractivity contribution >= 4 is 5.78 Å². The van der Waals surface area contributed by atoms with Crippen molar-refractivity contribution in [3.8, 4) is 17.2 Å². The fourth-order valence-corrected chi connectivity index (χ4v) is 2.93. The Kier molecular flexibility index (Phi) is 12.5. The zero-order valence-electron chi connectivity index (χ0n) is 19.1. The molecule has 0 saturated carbocycles. The van der Waals surface area contributed by atoms with Crippen LogP contribution in [0.3, 0.4) is 0 Å². The molecule has 32 heavy (non-hydrogen) atoms. The lowest BCUT2D eigenvalue weighted by molar-refractivity contribution is 0.0974. The number of unbranched alkanes of at least 4 members (excludes halogenated alkanes) is 1. The van der Waals surface area contributed by atoms with Crippen molar-refractivity contribution in [3.05, 3.63) is 78.5 Å². The number of hydrogen-bond acceptors (Lipinski definition) is 5. The molecule has 0 saturated heterocycles. The highest BCUT2D eigenvalue weighted by Gasteiger charge is 2.17. The number of benzene rings is 1.